The lowest BCUT2D eigenvalue weighted by molar-refractivity contribution is -0.385. The molecule has 458 valence electrons. The number of rotatable bonds is 16. The van der Waals surface area contributed by atoms with Crippen molar-refractivity contribution in [3.8, 4) is 11.5 Å². The Morgan fingerprint density at radius 2 is 0.885 bits per heavy atom. The number of nitrogens with zero attached hydrogens (tertiary/aromatic N) is 1. The molecule has 0 heterocycles. The third-order valence-corrected chi connectivity index (χ3v) is 12.2. The van der Waals surface area contributed by atoms with Crippen molar-refractivity contribution in [1.29, 1.82) is 0 Å². The van der Waals surface area contributed by atoms with E-state index in [0.29, 0.717) is 52.3 Å². The Labute approximate surface area is 513 Å². The van der Waals surface area contributed by atoms with E-state index in [1.54, 1.807) is 49.5 Å². The number of ether oxygens (including phenoxy) is 2. The Balaban J connectivity index is 0.000000389. The highest BCUT2D eigenvalue weighted by Gasteiger charge is 2.17. The van der Waals surface area contributed by atoms with Crippen LogP contribution in [-0.2, 0) is 32.9 Å². The molecule has 15 N–H and O–H groups in total. The number of amides is 5. The second kappa shape index (κ2) is 41.8. The molecule has 0 aliphatic carbocycles. The van der Waals surface area contributed by atoms with Crippen LogP contribution < -0.4 is 59.4 Å². The summed E-state index contributed by atoms with van der Waals surface area (Å²) in [6, 6.07) is 61.6. The number of primary amides is 1. The minimum Gasteiger partial charge on any atom is -0.488 e. The fourth-order valence-electron chi connectivity index (χ4n) is 7.34. The van der Waals surface area contributed by atoms with Gasteiger partial charge < -0.3 is 64.5 Å². The molecule has 9 aromatic rings. The maximum absolute atomic E-state index is 12.6. The first-order valence-electron chi connectivity index (χ1n) is 26.7. The summed E-state index contributed by atoms with van der Waals surface area (Å²) in [5.41, 5.74) is 27.5. The summed E-state index contributed by atoms with van der Waals surface area (Å²) in [6.07, 6.45) is 0. The van der Waals surface area contributed by atoms with Gasteiger partial charge in [0.15, 0.2) is 0 Å². The van der Waals surface area contributed by atoms with E-state index in [-0.39, 0.29) is 48.0 Å². The molecule has 0 bridgehead atoms. The lowest BCUT2D eigenvalue weighted by Gasteiger charge is -2.13. The largest absolute Gasteiger partial charge is 0.488 e. The number of fused-ring (bicyclic) bond motifs is 3. The number of halogens is 1. The summed E-state index contributed by atoms with van der Waals surface area (Å²) in [7, 11) is 7.58. The molecule has 0 saturated heterocycles. The average Bonchev–Trinajstić information content (AvgIpc) is 2.61. The zero-order valence-corrected chi connectivity index (χ0v) is 50.6. The highest BCUT2D eigenvalue weighted by molar-refractivity contribution is 9.08. The van der Waals surface area contributed by atoms with Gasteiger partial charge in [0.1, 0.15) is 24.7 Å². The molecule has 0 unspecified atom stereocenters. The molecule has 9 aromatic carbocycles. The molecule has 9 rings (SSSR count). The van der Waals surface area contributed by atoms with Gasteiger partial charge >= 0.3 is 5.97 Å². The van der Waals surface area contributed by atoms with Gasteiger partial charge in [-0.3, -0.25) is 34.1 Å². The number of nitro groups is 1. The molecule has 22 heteroatoms. The topological polar surface area (TPSA) is 362 Å². The van der Waals surface area contributed by atoms with E-state index in [2.05, 4.69) is 54.4 Å². The van der Waals surface area contributed by atoms with Gasteiger partial charge in [-0.05, 0) is 101 Å². The Morgan fingerprint density at radius 1 is 0.506 bits per heavy atom. The number of carboxylic acids is 1. The van der Waals surface area contributed by atoms with E-state index in [1.807, 2.05) is 152 Å². The van der Waals surface area contributed by atoms with Crippen molar-refractivity contribution in [2.24, 2.45) is 28.7 Å². The lowest BCUT2D eigenvalue weighted by Crippen LogP contribution is -2.35. The molecule has 0 spiro atoms. The smallest absolute Gasteiger partial charge is 0.335 e. The quantitative estimate of drug-likeness (QED) is 0.0249. The highest BCUT2D eigenvalue weighted by Crippen LogP contribution is 2.29. The van der Waals surface area contributed by atoms with Crippen molar-refractivity contribution < 1.29 is 48.3 Å². The zero-order chi connectivity index (χ0) is 64.5. The van der Waals surface area contributed by atoms with E-state index in [1.165, 1.54) is 34.3 Å². The number of benzene rings is 9. The summed E-state index contributed by atoms with van der Waals surface area (Å²) in [5.74, 6) is -1.66. The van der Waals surface area contributed by atoms with E-state index >= 15 is 0 Å². The molecule has 21 nitrogen and oxygen atoms in total. The van der Waals surface area contributed by atoms with E-state index in [4.69, 9.17) is 26.0 Å². The van der Waals surface area contributed by atoms with Crippen molar-refractivity contribution in [3.05, 3.63) is 244 Å². The fourth-order valence-corrected chi connectivity index (χ4v) is 7.81. The number of alkyl halides is 1. The second-order valence-electron chi connectivity index (χ2n) is 17.2. The van der Waals surface area contributed by atoms with Crippen molar-refractivity contribution in [1.82, 2.24) is 21.3 Å². The second-order valence-corrected chi connectivity index (χ2v) is 17.8. The van der Waals surface area contributed by atoms with Crippen LogP contribution in [0.5, 0.6) is 11.5 Å². The number of carbonyl (C=O) groups is 6. The first kappa shape index (κ1) is 73.0. The first-order chi connectivity index (χ1) is 42.1. The molecule has 0 aromatic heterocycles. The predicted octanol–water partition coefficient (Wildman–Crippen LogP) is 7.97. The number of likely N-dealkylation sites (N-methyl/N-ethyl adjacent to an activating group) is 2. The third kappa shape index (κ3) is 25.7. The minimum atomic E-state index is -0.884. The standard InChI is InChI=1S/C21H20N2O3.C20H18N2O3.C11H8O2.C7H6BrNO2.C3H8N2O.3CH5N/c1-22-20(24)13-23-21(25)18-11-16-9-5-6-10-17(16)12-19(18)26-14-15-7-3-2-4-8-15;21-19(23)12-22-20(24)17-10-15-8-4-5-9-16(15)11-18(17)25-13-14-6-2-1-3-7-14;12-11(13)10-6-5-8-3-1-2-4-9(8)7-10;8-5-6-3-1-2-4-7(6)9(10)11;1-5-3(6)2-4;3*1-2/h2-12H,13-14H2,1H3,(H,22,24)(H,23,25);1-11H,12-13H2,(H2,21,23)(H,22,24);1-7H,(H,12,13);1-4H,5H2;2,4H2,1H3,(H,5,6);3*2H2,1H3. The van der Waals surface area contributed by atoms with Gasteiger partial charge in [-0.2, -0.15) is 0 Å². The van der Waals surface area contributed by atoms with Crippen LogP contribution in [0.15, 0.2) is 200 Å². The zero-order valence-electron chi connectivity index (χ0n) is 49.0. The number of nitro benzene ring substituents is 1. The van der Waals surface area contributed by atoms with Gasteiger partial charge in [0.25, 0.3) is 17.5 Å². The van der Waals surface area contributed by atoms with Gasteiger partial charge in [0.05, 0.1) is 41.2 Å². The SMILES string of the molecule is CN.CN.CN.CNC(=O)CN.CNC(=O)CNC(=O)c1cc2ccccc2cc1OCc1ccccc1.NC(=O)CNC(=O)c1cc2ccccc2cc1OCc1ccccc1.O=C(O)c1ccc2ccccc2c1.O=[N+]([O-])c1ccccc1CBr. The lowest BCUT2D eigenvalue weighted by atomic mass is 10.1. The molecule has 0 atom stereocenters. The molecule has 5 amide bonds. The monoisotopic (exact) mass is 1250 g/mol. The van der Waals surface area contributed by atoms with E-state index < -0.39 is 17.8 Å². The van der Waals surface area contributed by atoms with Crippen LogP contribution in [0.1, 0.15) is 47.8 Å². The average molecular weight is 1250 g/mol. The number of nitrogens with two attached hydrogens (primary N) is 5. The van der Waals surface area contributed by atoms with Crippen LogP contribution in [-0.4, -0.2) is 100 Å². The number of nitrogens with one attached hydrogen (secondary N) is 4. The summed E-state index contributed by atoms with van der Waals surface area (Å²) in [5, 5.41) is 35.4. The molecule has 0 radical (unpaired) electrons. The van der Waals surface area contributed by atoms with Crippen LogP contribution >= 0.6 is 15.9 Å². The van der Waals surface area contributed by atoms with Crippen molar-refractivity contribution in [2.75, 3.05) is 54.9 Å². The van der Waals surface area contributed by atoms with Gasteiger partial charge in [-0.25, -0.2) is 4.79 Å². The predicted molar refractivity (Wildman–Crippen MR) is 347 cm³/mol. The number of hydrogen-bond donors (Lipinski definition) is 10. The summed E-state index contributed by atoms with van der Waals surface area (Å²) >= 11 is 3.17. The van der Waals surface area contributed by atoms with Gasteiger partial charge in [0.2, 0.25) is 17.7 Å². The normalized spacial score (nSPS) is 9.54. The number of carbonyl (C=O) groups excluding carboxylic acids is 5. The fraction of sp³-hybridized carbons (Fsp3) is 0.169. The van der Waals surface area contributed by atoms with Crippen molar-refractivity contribution in [2.45, 2.75) is 18.5 Å². The minimum absolute atomic E-state index is 0.0799. The highest BCUT2D eigenvalue weighted by atomic mass is 79.9. The molecule has 0 saturated carbocycles. The number of para-hydroxylation sites is 1. The molecule has 0 aliphatic heterocycles. The number of aromatic carboxylic acids is 1. The number of hydrogen-bond acceptors (Lipinski definition) is 14. The van der Waals surface area contributed by atoms with Crippen molar-refractivity contribution in [3.63, 3.8) is 0 Å². The Kier molecular flexibility index (Phi) is 35.1. The molecule has 0 fully saturated rings. The third-order valence-electron chi connectivity index (χ3n) is 11.6. The molecule has 0 aliphatic rings. The van der Waals surface area contributed by atoms with Crippen LogP contribution in [0.25, 0.3) is 32.3 Å². The maximum Gasteiger partial charge on any atom is 0.335 e. The maximum atomic E-state index is 12.6. The Morgan fingerprint density at radius 3 is 1.25 bits per heavy atom. The van der Waals surface area contributed by atoms with Gasteiger partial charge in [-0.1, -0.05) is 174 Å². The first-order valence-corrected chi connectivity index (χ1v) is 27.8. The van der Waals surface area contributed by atoms with E-state index in [9.17, 15) is 38.9 Å². The number of carboxylic acid groups (broad SMARTS) is 1. The summed E-state index contributed by atoms with van der Waals surface area (Å²) in [4.78, 5) is 77.9. The van der Waals surface area contributed by atoms with Gasteiger partial charge in [0, 0.05) is 31.1 Å². The Hall–Kier alpha value is -10.1. The summed E-state index contributed by atoms with van der Waals surface area (Å²) in [6.45, 7) is 0.477. The van der Waals surface area contributed by atoms with Crippen LogP contribution in [0.2, 0.25) is 0 Å². The summed E-state index contributed by atoms with van der Waals surface area (Å²) < 4.78 is 11.8. The molecule has 87 heavy (non-hydrogen) atoms. The molecular weight excluding hydrogens is 1180 g/mol. The van der Waals surface area contributed by atoms with Crippen LogP contribution in [0.4, 0.5) is 5.69 Å². The Bertz CT molecular complexity index is 3590. The van der Waals surface area contributed by atoms with Crippen LogP contribution in [0, 0.1) is 10.1 Å². The molecular formula is C65H75BrN10O11. The van der Waals surface area contributed by atoms with Crippen molar-refractivity contribution >= 4 is 89.4 Å². The van der Waals surface area contributed by atoms with Crippen LogP contribution in [0.3, 0.4) is 0 Å². The van der Waals surface area contributed by atoms with Gasteiger partial charge in [-0.15, -0.1) is 0 Å². The van der Waals surface area contributed by atoms with E-state index in [0.717, 1.165) is 43.4 Å².